The molecule has 0 saturated carbocycles. The molecule has 29 heavy (non-hydrogen) atoms. The summed E-state index contributed by atoms with van der Waals surface area (Å²) in [7, 11) is 1.55. The third-order valence-electron chi connectivity index (χ3n) is 5.39. The van der Waals surface area contributed by atoms with E-state index in [4.69, 9.17) is 4.74 Å². The first-order valence-electron chi connectivity index (χ1n) is 9.87. The van der Waals surface area contributed by atoms with Gasteiger partial charge in [0.15, 0.2) is 0 Å². The van der Waals surface area contributed by atoms with Crippen molar-refractivity contribution >= 4 is 11.8 Å². The Kier molecular flexibility index (Phi) is 6.99. The number of rotatable bonds is 7. The van der Waals surface area contributed by atoms with Gasteiger partial charge in [0.05, 0.1) is 18.6 Å². The molecule has 2 aromatic rings. The molecule has 1 aliphatic heterocycles. The minimum absolute atomic E-state index is 0.0853. The Labute approximate surface area is 170 Å². The van der Waals surface area contributed by atoms with Crippen LogP contribution in [-0.4, -0.2) is 37.0 Å². The molecular formula is C23H27FN2O3. The molecule has 3 rings (SSSR count). The Morgan fingerprint density at radius 1 is 1.21 bits per heavy atom. The van der Waals surface area contributed by atoms with E-state index in [1.807, 2.05) is 31.2 Å². The molecule has 2 atom stereocenters. The number of amides is 2. The first-order chi connectivity index (χ1) is 14.0. The number of ether oxygens (including phenoxy) is 1. The van der Waals surface area contributed by atoms with Crippen molar-refractivity contribution in [3.8, 4) is 0 Å². The van der Waals surface area contributed by atoms with Crippen molar-refractivity contribution in [1.82, 2.24) is 10.2 Å². The third kappa shape index (κ3) is 5.01. The van der Waals surface area contributed by atoms with Crippen molar-refractivity contribution in [3.05, 3.63) is 71.0 Å². The molecule has 1 heterocycles. The number of nitrogens with one attached hydrogen (secondary N) is 1. The molecule has 2 aromatic carbocycles. The molecular weight excluding hydrogens is 371 g/mol. The second kappa shape index (κ2) is 9.65. The Balaban J connectivity index is 1.83. The van der Waals surface area contributed by atoms with Crippen LogP contribution in [0.3, 0.4) is 0 Å². The Bertz CT molecular complexity index is 853. The van der Waals surface area contributed by atoms with Crippen LogP contribution >= 0.6 is 0 Å². The molecule has 1 aliphatic rings. The number of halogens is 1. The topological polar surface area (TPSA) is 58.6 Å². The van der Waals surface area contributed by atoms with Gasteiger partial charge in [-0.1, -0.05) is 48.0 Å². The molecule has 5 nitrogen and oxygen atoms in total. The van der Waals surface area contributed by atoms with Crippen molar-refractivity contribution in [1.29, 1.82) is 0 Å². The van der Waals surface area contributed by atoms with E-state index in [0.29, 0.717) is 31.7 Å². The number of nitrogens with zero attached hydrogens (tertiary/aromatic N) is 1. The van der Waals surface area contributed by atoms with E-state index in [-0.39, 0.29) is 18.2 Å². The number of aryl methyl sites for hydroxylation is 1. The standard InChI is InChI=1S/C23H27FN2O3/c1-16-7-9-17(10-8-16)15-25-23(28)19-11-12-21(27)26(13-14-29-2)22(19)18-5-3-4-6-20(18)24/h3-10,19,22H,11-15H2,1-2H3,(H,25,28)/t19-,22+/m1/s1. The zero-order chi connectivity index (χ0) is 20.8. The molecule has 0 aliphatic carbocycles. The van der Waals surface area contributed by atoms with Crippen LogP contribution in [0.15, 0.2) is 48.5 Å². The van der Waals surface area contributed by atoms with Crippen LogP contribution in [0.1, 0.15) is 35.6 Å². The third-order valence-corrected chi connectivity index (χ3v) is 5.39. The summed E-state index contributed by atoms with van der Waals surface area (Å²) in [6, 6.07) is 13.6. The van der Waals surface area contributed by atoms with Crippen molar-refractivity contribution in [3.63, 3.8) is 0 Å². The van der Waals surface area contributed by atoms with E-state index in [0.717, 1.165) is 11.1 Å². The first-order valence-corrected chi connectivity index (χ1v) is 9.87. The van der Waals surface area contributed by atoms with Crippen LogP contribution in [0.4, 0.5) is 4.39 Å². The lowest BCUT2D eigenvalue weighted by Gasteiger charge is -2.40. The molecule has 2 amide bonds. The maximum atomic E-state index is 14.6. The summed E-state index contributed by atoms with van der Waals surface area (Å²) in [4.78, 5) is 27.2. The van der Waals surface area contributed by atoms with Crippen molar-refractivity contribution in [2.45, 2.75) is 32.4 Å². The molecule has 1 saturated heterocycles. The summed E-state index contributed by atoms with van der Waals surface area (Å²) in [5, 5.41) is 2.97. The molecule has 0 unspecified atom stereocenters. The number of carbonyl (C=O) groups is 2. The monoisotopic (exact) mass is 398 g/mol. The largest absolute Gasteiger partial charge is 0.383 e. The highest BCUT2D eigenvalue weighted by Crippen LogP contribution is 2.38. The van der Waals surface area contributed by atoms with Crippen molar-refractivity contribution < 1.29 is 18.7 Å². The molecule has 0 radical (unpaired) electrons. The lowest BCUT2D eigenvalue weighted by Crippen LogP contribution is -2.49. The Hall–Kier alpha value is -2.73. The zero-order valence-corrected chi connectivity index (χ0v) is 16.9. The normalized spacial score (nSPS) is 19.3. The Morgan fingerprint density at radius 2 is 1.93 bits per heavy atom. The molecule has 6 heteroatoms. The molecule has 1 fully saturated rings. The van der Waals surface area contributed by atoms with Crippen LogP contribution in [-0.2, 0) is 20.9 Å². The van der Waals surface area contributed by atoms with E-state index in [1.165, 1.54) is 6.07 Å². The summed E-state index contributed by atoms with van der Waals surface area (Å²) in [6.45, 7) is 3.05. The predicted octanol–water partition coefficient (Wildman–Crippen LogP) is 3.38. The van der Waals surface area contributed by atoms with E-state index in [2.05, 4.69) is 5.32 Å². The SMILES string of the molecule is COCCN1C(=O)CC[C@@H](C(=O)NCc2ccc(C)cc2)[C@@H]1c1ccccc1F. The average molecular weight is 398 g/mol. The first kappa shape index (κ1) is 21.0. The van der Waals surface area contributed by atoms with Gasteiger partial charge in [0.1, 0.15) is 5.82 Å². The molecule has 154 valence electrons. The van der Waals surface area contributed by atoms with E-state index < -0.39 is 17.8 Å². The lowest BCUT2D eigenvalue weighted by atomic mass is 9.83. The van der Waals surface area contributed by atoms with Crippen LogP contribution in [0.2, 0.25) is 0 Å². The molecule has 0 bridgehead atoms. The van der Waals surface area contributed by atoms with Gasteiger partial charge in [0.2, 0.25) is 11.8 Å². The highest BCUT2D eigenvalue weighted by molar-refractivity contribution is 5.85. The smallest absolute Gasteiger partial charge is 0.225 e. The van der Waals surface area contributed by atoms with Crippen LogP contribution in [0.25, 0.3) is 0 Å². The van der Waals surface area contributed by atoms with E-state index in [9.17, 15) is 14.0 Å². The quantitative estimate of drug-likeness (QED) is 0.778. The second-order valence-corrected chi connectivity index (χ2v) is 7.39. The van der Waals surface area contributed by atoms with Gasteiger partial charge in [-0.25, -0.2) is 4.39 Å². The van der Waals surface area contributed by atoms with Gasteiger partial charge in [0, 0.05) is 32.2 Å². The highest BCUT2D eigenvalue weighted by atomic mass is 19.1. The number of likely N-dealkylation sites (tertiary alicyclic amines) is 1. The zero-order valence-electron chi connectivity index (χ0n) is 16.9. The van der Waals surface area contributed by atoms with Gasteiger partial charge in [0.25, 0.3) is 0 Å². The lowest BCUT2D eigenvalue weighted by molar-refractivity contribution is -0.144. The van der Waals surface area contributed by atoms with Crippen LogP contribution in [0.5, 0.6) is 0 Å². The van der Waals surface area contributed by atoms with Gasteiger partial charge in [-0.05, 0) is 25.0 Å². The molecule has 0 spiro atoms. The number of piperidine rings is 1. The van der Waals surface area contributed by atoms with Gasteiger partial charge in [-0.15, -0.1) is 0 Å². The van der Waals surface area contributed by atoms with Gasteiger partial charge in [-0.2, -0.15) is 0 Å². The fraction of sp³-hybridized carbons (Fsp3) is 0.391. The predicted molar refractivity (Wildman–Crippen MR) is 108 cm³/mol. The number of carbonyl (C=O) groups excluding carboxylic acids is 2. The maximum absolute atomic E-state index is 14.6. The summed E-state index contributed by atoms with van der Waals surface area (Å²) in [5.74, 6) is -1.19. The second-order valence-electron chi connectivity index (χ2n) is 7.39. The number of benzene rings is 2. The van der Waals surface area contributed by atoms with Crippen LogP contribution in [0, 0.1) is 18.7 Å². The van der Waals surface area contributed by atoms with Crippen molar-refractivity contribution in [2.75, 3.05) is 20.3 Å². The minimum Gasteiger partial charge on any atom is -0.383 e. The fourth-order valence-electron chi connectivity index (χ4n) is 3.81. The van der Waals surface area contributed by atoms with E-state index in [1.54, 1.807) is 30.2 Å². The number of hydrogen-bond donors (Lipinski definition) is 1. The van der Waals surface area contributed by atoms with E-state index >= 15 is 0 Å². The summed E-state index contributed by atoms with van der Waals surface area (Å²) in [6.07, 6.45) is 0.651. The Morgan fingerprint density at radius 3 is 2.62 bits per heavy atom. The highest BCUT2D eigenvalue weighted by Gasteiger charge is 2.41. The van der Waals surface area contributed by atoms with Crippen LogP contribution < -0.4 is 5.32 Å². The summed E-state index contributed by atoms with van der Waals surface area (Å²) < 4.78 is 19.8. The average Bonchev–Trinajstić information content (AvgIpc) is 2.72. The minimum atomic E-state index is -0.648. The summed E-state index contributed by atoms with van der Waals surface area (Å²) >= 11 is 0. The van der Waals surface area contributed by atoms with Gasteiger partial charge < -0.3 is 15.0 Å². The molecule has 0 aromatic heterocycles. The van der Waals surface area contributed by atoms with Gasteiger partial charge >= 0.3 is 0 Å². The van der Waals surface area contributed by atoms with Crippen molar-refractivity contribution in [2.24, 2.45) is 5.92 Å². The summed E-state index contributed by atoms with van der Waals surface area (Å²) in [5.41, 5.74) is 2.51. The number of methoxy groups -OCH3 is 1. The maximum Gasteiger partial charge on any atom is 0.225 e. The number of hydrogen-bond acceptors (Lipinski definition) is 3. The van der Waals surface area contributed by atoms with Gasteiger partial charge in [-0.3, -0.25) is 9.59 Å². The fourth-order valence-corrected chi connectivity index (χ4v) is 3.81. The molecule has 1 N–H and O–H groups in total.